The first-order valence-corrected chi connectivity index (χ1v) is 16.0. The normalized spacial score (nSPS) is 19.3. The minimum absolute atomic E-state index is 0.0744. The maximum Gasteiger partial charge on any atom is 0.300 e. The van der Waals surface area contributed by atoms with E-state index < -0.39 is 0 Å². The molecule has 3 nitrogen and oxygen atoms in total. The average Bonchev–Trinajstić information content (AvgIpc) is 3.40. The summed E-state index contributed by atoms with van der Waals surface area (Å²) in [5.41, 5.74) is 9.99. The first kappa shape index (κ1) is 28.0. The smallest absolute Gasteiger partial charge is 0.195 e. The molecule has 0 radical (unpaired) electrons. The number of benzene rings is 4. The van der Waals surface area contributed by atoms with Gasteiger partial charge in [0.15, 0.2) is 22.8 Å². The molecular formula is C41H41N3+2. The van der Waals surface area contributed by atoms with Crippen LogP contribution in [-0.4, -0.2) is 4.57 Å². The fourth-order valence-corrected chi connectivity index (χ4v) is 7.91. The van der Waals surface area contributed by atoms with Gasteiger partial charge in [0.25, 0.3) is 5.82 Å². The van der Waals surface area contributed by atoms with Crippen LogP contribution in [-0.2, 0) is 11.0 Å². The van der Waals surface area contributed by atoms with E-state index in [-0.39, 0.29) is 11.0 Å². The average molecular weight is 576 g/mol. The summed E-state index contributed by atoms with van der Waals surface area (Å²) in [5.74, 6) is 1.17. The molecule has 2 aromatic heterocycles. The molecule has 0 saturated carbocycles. The Kier molecular flexibility index (Phi) is 7.05. The van der Waals surface area contributed by atoms with Crippen LogP contribution in [0.1, 0.15) is 51.2 Å². The lowest BCUT2D eigenvalue weighted by Crippen LogP contribution is -2.68. The number of imidazole rings is 1. The van der Waals surface area contributed by atoms with Crippen molar-refractivity contribution in [2.45, 2.75) is 57.9 Å². The lowest BCUT2D eigenvalue weighted by molar-refractivity contribution is -0.765. The standard InChI is InChI=1S/C41H41N3/c1-5-40(4)41(6-2,35-24-13-12-23-34(35)36-25-16-17-30-43(36)40)28-18-29-42-37-26-14-15-27-38(37)44(32-20-8-7-9-21-32)39(42)33-22-11-10-19-31(33)3/h7-27,29-30H,5-6,28H2,1-4H3/q+2. The highest BCUT2D eigenvalue weighted by atomic mass is 15.2. The maximum absolute atomic E-state index is 2.56. The van der Waals surface area contributed by atoms with Crippen LogP contribution >= 0.6 is 0 Å². The number of allylic oxidation sites excluding steroid dienone is 1. The number of fused-ring (bicyclic) bond motifs is 4. The Morgan fingerprint density at radius 3 is 2.16 bits per heavy atom. The number of hydrogen-bond donors (Lipinski definition) is 0. The van der Waals surface area contributed by atoms with E-state index in [0.29, 0.717) is 0 Å². The molecule has 3 heteroatoms. The number of rotatable bonds is 7. The molecule has 2 atom stereocenters. The first-order chi connectivity index (χ1) is 21.5. The number of aryl methyl sites for hydroxylation is 1. The molecule has 0 spiro atoms. The Morgan fingerprint density at radius 2 is 1.39 bits per heavy atom. The number of pyridine rings is 1. The number of aromatic nitrogens is 3. The van der Waals surface area contributed by atoms with Crippen LogP contribution in [0.5, 0.6) is 0 Å². The molecular weight excluding hydrogens is 534 g/mol. The molecule has 0 fully saturated rings. The predicted octanol–water partition coefficient (Wildman–Crippen LogP) is 9.20. The van der Waals surface area contributed by atoms with Gasteiger partial charge in [-0.25, -0.2) is 0 Å². The Bertz CT molecular complexity index is 2000. The first-order valence-electron chi connectivity index (χ1n) is 16.0. The molecule has 2 unspecified atom stereocenters. The van der Waals surface area contributed by atoms with Crippen molar-refractivity contribution in [3.8, 4) is 28.3 Å². The summed E-state index contributed by atoms with van der Waals surface area (Å²) >= 11 is 0. The minimum Gasteiger partial charge on any atom is -0.195 e. The molecule has 3 heterocycles. The Hall–Kier alpha value is -4.76. The third-order valence-corrected chi connectivity index (χ3v) is 10.4. The van der Waals surface area contributed by atoms with E-state index in [0.717, 1.165) is 24.9 Å². The Morgan fingerprint density at radius 1 is 0.705 bits per heavy atom. The largest absolute Gasteiger partial charge is 0.300 e. The quantitative estimate of drug-likeness (QED) is 0.168. The van der Waals surface area contributed by atoms with Gasteiger partial charge in [-0.3, -0.25) is 0 Å². The van der Waals surface area contributed by atoms with Gasteiger partial charge >= 0.3 is 0 Å². The molecule has 1 aliphatic rings. The van der Waals surface area contributed by atoms with E-state index in [1.54, 1.807) is 0 Å². The van der Waals surface area contributed by atoms with Gasteiger partial charge in [-0.05, 0) is 79.4 Å². The predicted molar refractivity (Wildman–Crippen MR) is 182 cm³/mol. The zero-order chi connectivity index (χ0) is 30.3. The van der Waals surface area contributed by atoms with Gasteiger partial charge in [0.05, 0.1) is 22.7 Å². The van der Waals surface area contributed by atoms with Crippen molar-refractivity contribution in [3.63, 3.8) is 0 Å². The van der Waals surface area contributed by atoms with Crippen LogP contribution in [0.3, 0.4) is 0 Å². The molecule has 6 aromatic rings. The van der Waals surface area contributed by atoms with Crippen molar-refractivity contribution < 1.29 is 9.13 Å². The van der Waals surface area contributed by atoms with Crippen LogP contribution in [0.4, 0.5) is 0 Å². The minimum atomic E-state index is -0.0847. The summed E-state index contributed by atoms with van der Waals surface area (Å²) < 4.78 is 7.38. The van der Waals surface area contributed by atoms with Crippen molar-refractivity contribution in [2.75, 3.05) is 0 Å². The van der Waals surface area contributed by atoms with E-state index in [2.05, 4.69) is 181 Å². The van der Waals surface area contributed by atoms with Crippen LogP contribution in [0, 0.1) is 6.92 Å². The highest BCUT2D eigenvalue weighted by Crippen LogP contribution is 2.51. The zero-order valence-electron chi connectivity index (χ0n) is 26.2. The number of para-hydroxylation sites is 3. The second kappa shape index (κ2) is 11.1. The molecule has 0 aliphatic carbocycles. The van der Waals surface area contributed by atoms with Crippen molar-refractivity contribution in [3.05, 3.63) is 145 Å². The summed E-state index contributed by atoms with van der Waals surface area (Å²) in [7, 11) is 0. The van der Waals surface area contributed by atoms with E-state index in [1.807, 2.05) is 0 Å². The molecule has 0 amide bonds. The molecule has 0 saturated heterocycles. The summed E-state index contributed by atoms with van der Waals surface area (Å²) in [6.07, 6.45) is 10.1. The summed E-state index contributed by atoms with van der Waals surface area (Å²) in [6.45, 7) is 9.41. The Balaban J connectivity index is 1.44. The monoisotopic (exact) mass is 575 g/mol. The van der Waals surface area contributed by atoms with Gasteiger partial charge in [-0.15, -0.1) is 0 Å². The highest BCUT2D eigenvalue weighted by Gasteiger charge is 2.58. The van der Waals surface area contributed by atoms with Crippen LogP contribution < -0.4 is 9.13 Å². The summed E-state index contributed by atoms with van der Waals surface area (Å²) in [6, 6.07) is 44.0. The van der Waals surface area contributed by atoms with E-state index in [4.69, 9.17) is 0 Å². The van der Waals surface area contributed by atoms with Gasteiger partial charge in [0.1, 0.15) is 5.69 Å². The maximum atomic E-state index is 2.56. The van der Waals surface area contributed by atoms with E-state index in [9.17, 15) is 0 Å². The zero-order valence-corrected chi connectivity index (χ0v) is 26.2. The molecule has 1 aliphatic heterocycles. The van der Waals surface area contributed by atoms with Gasteiger partial charge in [-0.2, -0.15) is 13.7 Å². The number of hydrogen-bond acceptors (Lipinski definition) is 0. The molecule has 44 heavy (non-hydrogen) atoms. The van der Waals surface area contributed by atoms with Crippen molar-refractivity contribution in [1.29, 1.82) is 0 Å². The highest BCUT2D eigenvalue weighted by molar-refractivity contribution is 5.80. The molecule has 0 bridgehead atoms. The van der Waals surface area contributed by atoms with Crippen molar-refractivity contribution in [1.82, 2.24) is 4.57 Å². The second-order valence-electron chi connectivity index (χ2n) is 12.3. The molecule has 7 rings (SSSR count). The van der Waals surface area contributed by atoms with Crippen LogP contribution in [0.15, 0.2) is 134 Å². The van der Waals surface area contributed by atoms with E-state index >= 15 is 0 Å². The van der Waals surface area contributed by atoms with Gasteiger partial charge < -0.3 is 0 Å². The van der Waals surface area contributed by atoms with Crippen molar-refractivity contribution >= 4 is 17.2 Å². The Labute approximate surface area is 261 Å². The summed E-state index contributed by atoms with van der Waals surface area (Å²) in [5, 5.41) is 0. The van der Waals surface area contributed by atoms with Gasteiger partial charge in [0.2, 0.25) is 5.69 Å². The molecule has 4 aromatic carbocycles. The van der Waals surface area contributed by atoms with E-state index in [1.165, 1.54) is 44.8 Å². The lowest BCUT2D eigenvalue weighted by Gasteiger charge is -2.47. The SMILES string of the molecule is CCC1(CC=C[n+]2c(-c3ccccc3C)n(-c3ccccc3)c3ccccc32)c2ccccc2-c2cccc[n+]2C1(C)CC. The van der Waals surface area contributed by atoms with Crippen LogP contribution in [0.2, 0.25) is 0 Å². The summed E-state index contributed by atoms with van der Waals surface area (Å²) in [4.78, 5) is 0. The number of nitrogens with zero attached hydrogens (tertiary/aromatic N) is 3. The fraction of sp³-hybridized carbons (Fsp3) is 0.220. The topological polar surface area (TPSA) is 12.7 Å². The van der Waals surface area contributed by atoms with Crippen LogP contribution in [0.25, 0.3) is 45.6 Å². The van der Waals surface area contributed by atoms with Gasteiger partial charge in [0, 0.05) is 25.5 Å². The van der Waals surface area contributed by atoms with Gasteiger partial charge in [-0.1, -0.05) is 80.6 Å². The lowest BCUT2D eigenvalue weighted by atomic mass is 9.58. The molecule has 218 valence electrons. The fourth-order valence-electron chi connectivity index (χ4n) is 7.91. The third kappa shape index (κ3) is 4.10. The molecule has 0 N–H and O–H groups in total. The second-order valence-corrected chi connectivity index (χ2v) is 12.3. The van der Waals surface area contributed by atoms with Crippen molar-refractivity contribution in [2.24, 2.45) is 0 Å². The third-order valence-electron chi connectivity index (χ3n) is 10.4.